The summed E-state index contributed by atoms with van der Waals surface area (Å²) in [5.41, 5.74) is 0. The van der Waals surface area contributed by atoms with Crippen molar-refractivity contribution < 1.29 is 20.1 Å². The number of carbonyl (C=O) groups is 1. The number of allylic oxidation sites excluding steroid dienone is 5. The first-order valence-electron chi connectivity index (χ1n) is 28.8. The number of hydrogen-bond acceptors (Lipinski definition) is 4. The molecule has 64 heavy (non-hydrogen) atoms. The monoisotopic (exact) mass is 900 g/mol. The molecule has 0 radical (unpaired) electrons. The van der Waals surface area contributed by atoms with Crippen molar-refractivity contribution in [2.24, 2.45) is 0 Å². The Morgan fingerprint density at radius 3 is 1.00 bits per heavy atom. The summed E-state index contributed by atoms with van der Waals surface area (Å²) >= 11 is 0. The predicted molar refractivity (Wildman–Crippen MR) is 282 cm³/mol. The number of amides is 1. The Hall–Kier alpha value is -1.43. The van der Waals surface area contributed by atoms with Crippen LogP contribution >= 0.6 is 0 Å². The van der Waals surface area contributed by atoms with Gasteiger partial charge in [0.15, 0.2) is 0 Å². The van der Waals surface area contributed by atoms with Crippen molar-refractivity contribution >= 4 is 5.91 Å². The Labute approximate surface area is 400 Å². The third-order valence-corrected chi connectivity index (χ3v) is 13.4. The van der Waals surface area contributed by atoms with Gasteiger partial charge in [-0.05, 0) is 44.9 Å². The molecule has 0 spiro atoms. The first-order valence-corrected chi connectivity index (χ1v) is 28.8. The fourth-order valence-corrected chi connectivity index (χ4v) is 9.02. The Balaban J connectivity index is 3.55. The van der Waals surface area contributed by atoms with Crippen molar-refractivity contribution in [1.82, 2.24) is 5.32 Å². The van der Waals surface area contributed by atoms with E-state index in [9.17, 15) is 20.1 Å². The second-order valence-electron chi connectivity index (χ2n) is 19.9. The average molecular weight is 901 g/mol. The zero-order valence-electron chi connectivity index (χ0n) is 43.2. The summed E-state index contributed by atoms with van der Waals surface area (Å²) in [7, 11) is 0. The SMILES string of the molecule is CCCCCCCCCCC/C=C/CC/C=C/CC/C=C/C(O)C(CO)NC(=O)CC(O)CCCCCCCCCCCCCCCCCCCCCCCCCCCCCCCC. The molecular formula is C59H113NO4. The van der Waals surface area contributed by atoms with Gasteiger partial charge in [-0.2, -0.15) is 0 Å². The lowest BCUT2D eigenvalue weighted by Crippen LogP contribution is -2.45. The van der Waals surface area contributed by atoms with Gasteiger partial charge < -0.3 is 20.6 Å². The molecule has 0 bridgehead atoms. The fraction of sp³-hybridized carbons (Fsp3) is 0.881. The van der Waals surface area contributed by atoms with Crippen molar-refractivity contribution in [2.75, 3.05) is 6.61 Å². The van der Waals surface area contributed by atoms with E-state index in [1.807, 2.05) is 6.08 Å². The summed E-state index contributed by atoms with van der Waals surface area (Å²) in [4.78, 5) is 12.5. The molecule has 0 aromatic rings. The summed E-state index contributed by atoms with van der Waals surface area (Å²) in [6.07, 6.45) is 70.6. The van der Waals surface area contributed by atoms with E-state index in [-0.39, 0.29) is 18.9 Å². The van der Waals surface area contributed by atoms with Gasteiger partial charge in [-0.1, -0.05) is 294 Å². The molecule has 5 heteroatoms. The summed E-state index contributed by atoms with van der Waals surface area (Å²) in [6.45, 7) is 4.23. The maximum atomic E-state index is 12.5. The van der Waals surface area contributed by atoms with Crippen LogP contribution in [0.1, 0.15) is 309 Å². The third-order valence-electron chi connectivity index (χ3n) is 13.4. The molecule has 0 heterocycles. The minimum Gasteiger partial charge on any atom is -0.394 e. The normalized spacial score (nSPS) is 13.5. The molecule has 0 aromatic heterocycles. The summed E-state index contributed by atoms with van der Waals surface area (Å²) in [6, 6.07) is -0.767. The number of nitrogens with one attached hydrogen (secondary N) is 1. The number of hydrogen-bond donors (Lipinski definition) is 4. The van der Waals surface area contributed by atoms with Gasteiger partial charge in [0.2, 0.25) is 5.91 Å². The lowest BCUT2D eigenvalue weighted by molar-refractivity contribution is -0.124. The molecule has 0 saturated heterocycles. The molecule has 0 saturated carbocycles. The average Bonchev–Trinajstić information content (AvgIpc) is 3.29. The highest BCUT2D eigenvalue weighted by Gasteiger charge is 2.20. The zero-order valence-corrected chi connectivity index (χ0v) is 43.2. The lowest BCUT2D eigenvalue weighted by Gasteiger charge is -2.21. The number of carbonyl (C=O) groups excluding carboxylic acids is 1. The molecule has 1 amide bonds. The van der Waals surface area contributed by atoms with Gasteiger partial charge in [-0.3, -0.25) is 4.79 Å². The summed E-state index contributed by atoms with van der Waals surface area (Å²) in [5.74, 6) is -0.324. The molecule has 4 N–H and O–H groups in total. The molecule has 378 valence electrons. The fourth-order valence-electron chi connectivity index (χ4n) is 9.02. The van der Waals surface area contributed by atoms with Crippen LogP contribution in [0.4, 0.5) is 0 Å². The number of unbranched alkanes of at least 4 members (excludes halogenated alkanes) is 40. The minimum atomic E-state index is -0.959. The molecule has 0 fully saturated rings. The highest BCUT2D eigenvalue weighted by atomic mass is 16.3. The standard InChI is InChI=1S/C59H113NO4/c1-3-5-7-9-11-13-15-17-19-21-23-24-25-26-27-28-29-30-31-32-33-35-36-38-40-42-44-46-48-50-52-56(62)54-59(64)60-57(55-61)58(63)53-51-49-47-45-43-41-39-37-34-22-20-18-16-14-12-10-8-6-4-2/h34,37,43,45,51,53,56-58,61-63H,3-33,35-36,38-42,44,46-50,52,54-55H2,1-2H3,(H,60,64)/b37-34+,45-43+,53-51+. The second kappa shape index (κ2) is 54.2. The van der Waals surface area contributed by atoms with E-state index in [0.29, 0.717) is 6.42 Å². The van der Waals surface area contributed by atoms with Gasteiger partial charge in [-0.25, -0.2) is 0 Å². The molecule has 0 aromatic carbocycles. The minimum absolute atomic E-state index is 0.00569. The van der Waals surface area contributed by atoms with Crippen LogP contribution in [0.3, 0.4) is 0 Å². The summed E-state index contributed by atoms with van der Waals surface area (Å²) in [5, 5.41) is 33.4. The largest absolute Gasteiger partial charge is 0.394 e. The van der Waals surface area contributed by atoms with Crippen molar-refractivity contribution in [3.63, 3.8) is 0 Å². The van der Waals surface area contributed by atoms with Gasteiger partial charge in [0.25, 0.3) is 0 Å². The Morgan fingerprint density at radius 2 is 0.672 bits per heavy atom. The molecule has 3 atom stereocenters. The van der Waals surface area contributed by atoms with E-state index in [4.69, 9.17) is 0 Å². The van der Waals surface area contributed by atoms with Crippen LogP contribution in [0.2, 0.25) is 0 Å². The van der Waals surface area contributed by atoms with E-state index < -0.39 is 18.2 Å². The van der Waals surface area contributed by atoms with Crippen LogP contribution in [0.15, 0.2) is 36.5 Å². The van der Waals surface area contributed by atoms with Gasteiger partial charge in [0, 0.05) is 0 Å². The first kappa shape index (κ1) is 62.6. The topological polar surface area (TPSA) is 89.8 Å². The van der Waals surface area contributed by atoms with E-state index >= 15 is 0 Å². The Morgan fingerprint density at radius 1 is 0.391 bits per heavy atom. The summed E-state index contributed by atoms with van der Waals surface area (Å²) < 4.78 is 0. The molecule has 0 aliphatic rings. The lowest BCUT2D eigenvalue weighted by atomic mass is 10.0. The quantitative estimate of drug-likeness (QED) is 0.0362. The van der Waals surface area contributed by atoms with Gasteiger partial charge in [0.1, 0.15) is 0 Å². The van der Waals surface area contributed by atoms with E-state index in [0.717, 1.165) is 38.5 Å². The number of rotatable bonds is 53. The maximum Gasteiger partial charge on any atom is 0.222 e. The van der Waals surface area contributed by atoms with Crippen LogP contribution < -0.4 is 5.32 Å². The number of aliphatic hydroxyl groups excluding tert-OH is 3. The predicted octanol–water partition coefficient (Wildman–Crippen LogP) is 17.8. The third kappa shape index (κ3) is 50.0. The Bertz CT molecular complexity index is 993. The zero-order chi connectivity index (χ0) is 46.5. The van der Waals surface area contributed by atoms with Crippen LogP contribution in [-0.2, 0) is 4.79 Å². The van der Waals surface area contributed by atoms with Crippen LogP contribution in [-0.4, -0.2) is 46.1 Å². The van der Waals surface area contributed by atoms with Crippen LogP contribution in [0.25, 0.3) is 0 Å². The molecule has 3 unspecified atom stereocenters. The van der Waals surface area contributed by atoms with Crippen molar-refractivity contribution in [2.45, 2.75) is 327 Å². The molecule has 5 nitrogen and oxygen atoms in total. The first-order chi connectivity index (χ1) is 31.5. The number of aliphatic hydroxyl groups is 3. The van der Waals surface area contributed by atoms with E-state index in [1.165, 1.54) is 244 Å². The molecule has 0 aliphatic carbocycles. The van der Waals surface area contributed by atoms with Gasteiger partial charge in [-0.15, -0.1) is 0 Å². The maximum absolute atomic E-state index is 12.5. The van der Waals surface area contributed by atoms with Gasteiger partial charge >= 0.3 is 0 Å². The molecule has 0 aliphatic heterocycles. The highest BCUT2D eigenvalue weighted by Crippen LogP contribution is 2.18. The van der Waals surface area contributed by atoms with Crippen molar-refractivity contribution in [3.05, 3.63) is 36.5 Å². The molecular weight excluding hydrogens is 787 g/mol. The van der Waals surface area contributed by atoms with E-state index in [1.54, 1.807) is 6.08 Å². The second-order valence-corrected chi connectivity index (χ2v) is 19.9. The highest BCUT2D eigenvalue weighted by molar-refractivity contribution is 5.76. The molecule has 0 rings (SSSR count). The van der Waals surface area contributed by atoms with Crippen LogP contribution in [0.5, 0.6) is 0 Å². The van der Waals surface area contributed by atoms with Crippen molar-refractivity contribution in [1.29, 1.82) is 0 Å². The smallest absolute Gasteiger partial charge is 0.222 e. The van der Waals surface area contributed by atoms with E-state index in [2.05, 4.69) is 43.5 Å². The van der Waals surface area contributed by atoms with Crippen molar-refractivity contribution in [3.8, 4) is 0 Å². The van der Waals surface area contributed by atoms with Gasteiger partial charge in [0.05, 0.1) is 31.3 Å². The van der Waals surface area contributed by atoms with Crippen LogP contribution in [0, 0.1) is 0 Å². The Kier molecular flexibility index (Phi) is 53.0.